The number of hydrogen-bond acceptors (Lipinski definition) is 6. The third-order valence-electron chi connectivity index (χ3n) is 4.43. The number of hydrogen-bond donors (Lipinski definition) is 1. The van der Waals surface area contributed by atoms with E-state index in [1.54, 1.807) is 12.1 Å². The summed E-state index contributed by atoms with van der Waals surface area (Å²) in [6.07, 6.45) is 1.20. The lowest BCUT2D eigenvalue weighted by atomic mass is 10.1. The number of aryl methyl sites for hydroxylation is 1. The molecule has 8 heteroatoms. The number of rotatable bonds is 8. The Hall–Kier alpha value is -4.20. The van der Waals surface area contributed by atoms with E-state index in [0.717, 1.165) is 11.1 Å². The average molecular weight is 419 g/mol. The highest BCUT2D eigenvalue weighted by atomic mass is 16.6. The molecule has 3 rings (SSSR count). The van der Waals surface area contributed by atoms with Crippen molar-refractivity contribution in [1.82, 2.24) is 5.43 Å². The van der Waals surface area contributed by atoms with E-state index in [4.69, 9.17) is 9.47 Å². The number of amides is 1. The second kappa shape index (κ2) is 10.0. The number of carbonyl (C=O) groups excluding carboxylic acids is 1. The summed E-state index contributed by atoms with van der Waals surface area (Å²) in [6.45, 7) is 2.15. The summed E-state index contributed by atoms with van der Waals surface area (Å²) in [5, 5.41) is 15.4. The highest BCUT2D eigenvalue weighted by Gasteiger charge is 2.19. The Morgan fingerprint density at radius 1 is 1.10 bits per heavy atom. The molecule has 0 spiro atoms. The molecular formula is C23H21N3O5. The second-order valence-corrected chi connectivity index (χ2v) is 6.66. The zero-order valence-corrected chi connectivity index (χ0v) is 17.1. The Morgan fingerprint density at radius 2 is 1.81 bits per heavy atom. The molecule has 158 valence electrons. The summed E-state index contributed by atoms with van der Waals surface area (Å²) in [6, 6.07) is 19.1. The molecule has 31 heavy (non-hydrogen) atoms. The number of nitrogens with one attached hydrogen (secondary N) is 1. The highest BCUT2D eigenvalue weighted by Crippen LogP contribution is 2.34. The molecule has 0 bridgehead atoms. The molecule has 0 atom stereocenters. The van der Waals surface area contributed by atoms with Crippen molar-refractivity contribution < 1.29 is 19.2 Å². The lowest BCUT2D eigenvalue weighted by molar-refractivity contribution is -0.385. The number of nitrogens with zero attached hydrogens (tertiary/aromatic N) is 2. The molecule has 0 saturated carbocycles. The van der Waals surface area contributed by atoms with Crippen molar-refractivity contribution in [2.75, 3.05) is 7.11 Å². The van der Waals surface area contributed by atoms with Crippen molar-refractivity contribution in [3.05, 3.63) is 99.1 Å². The standard InChI is InChI=1S/C23H21N3O5/c1-16-8-10-18(11-9-16)23(27)25-24-14-19-12-21(30-2)22(13-20(19)26(28)29)31-15-17-6-4-3-5-7-17/h3-14H,15H2,1-2H3,(H,25,27)/b24-14-. The molecule has 0 aromatic heterocycles. The summed E-state index contributed by atoms with van der Waals surface area (Å²) in [7, 11) is 1.44. The summed E-state index contributed by atoms with van der Waals surface area (Å²) in [4.78, 5) is 23.2. The van der Waals surface area contributed by atoms with Gasteiger partial charge in [0.15, 0.2) is 11.5 Å². The van der Waals surface area contributed by atoms with E-state index in [1.807, 2.05) is 49.4 Å². The van der Waals surface area contributed by atoms with Crippen LogP contribution in [0.25, 0.3) is 0 Å². The monoisotopic (exact) mass is 419 g/mol. The fraction of sp³-hybridized carbons (Fsp3) is 0.130. The minimum Gasteiger partial charge on any atom is -0.493 e. The molecule has 0 heterocycles. The van der Waals surface area contributed by atoms with Crippen LogP contribution in [0.1, 0.15) is 27.0 Å². The van der Waals surface area contributed by atoms with E-state index in [2.05, 4.69) is 10.5 Å². The molecular weight excluding hydrogens is 398 g/mol. The van der Waals surface area contributed by atoms with Crippen LogP contribution >= 0.6 is 0 Å². The number of ether oxygens (including phenoxy) is 2. The normalized spacial score (nSPS) is 10.6. The smallest absolute Gasteiger partial charge is 0.282 e. The summed E-state index contributed by atoms with van der Waals surface area (Å²) in [5.41, 5.74) is 4.68. The minimum atomic E-state index is -0.544. The van der Waals surface area contributed by atoms with Crippen LogP contribution in [0.5, 0.6) is 11.5 Å². The maximum Gasteiger partial charge on any atom is 0.282 e. The summed E-state index contributed by atoms with van der Waals surface area (Å²) >= 11 is 0. The molecule has 0 radical (unpaired) electrons. The third-order valence-corrected chi connectivity index (χ3v) is 4.43. The predicted octanol–water partition coefficient (Wildman–Crippen LogP) is 4.25. The van der Waals surface area contributed by atoms with E-state index in [0.29, 0.717) is 11.3 Å². The van der Waals surface area contributed by atoms with Gasteiger partial charge in [0.2, 0.25) is 0 Å². The number of benzene rings is 3. The Bertz CT molecular complexity index is 1100. The minimum absolute atomic E-state index is 0.165. The van der Waals surface area contributed by atoms with Gasteiger partial charge in [0.1, 0.15) is 6.61 Å². The topological polar surface area (TPSA) is 103 Å². The fourth-order valence-electron chi connectivity index (χ4n) is 2.76. The first-order chi connectivity index (χ1) is 15.0. The van der Waals surface area contributed by atoms with Gasteiger partial charge in [0.25, 0.3) is 11.6 Å². The zero-order chi connectivity index (χ0) is 22.2. The van der Waals surface area contributed by atoms with Crippen molar-refractivity contribution >= 4 is 17.8 Å². The van der Waals surface area contributed by atoms with Crippen LogP contribution in [0.2, 0.25) is 0 Å². The number of nitro benzene ring substituents is 1. The molecule has 0 unspecified atom stereocenters. The van der Waals surface area contributed by atoms with E-state index < -0.39 is 10.8 Å². The number of methoxy groups -OCH3 is 1. The first kappa shape index (κ1) is 21.5. The van der Waals surface area contributed by atoms with E-state index in [1.165, 1.54) is 25.5 Å². The van der Waals surface area contributed by atoms with Crippen molar-refractivity contribution in [2.45, 2.75) is 13.5 Å². The number of hydrazone groups is 1. The van der Waals surface area contributed by atoms with Crippen LogP contribution in [-0.4, -0.2) is 24.2 Å². The van der Waals surface area contributed by atoms with Gasteiger partial charge in [-0.15, -0.1) is 0 Å². The largest absolute Gasteiger partial charge is 0.493 e. The molecule has 0 aliphatic rings. The zero-order valence-electron chi connectivity index (χ0n) is 17.1. The summed E-state index contributed by atoms with van der Waals surface area (Å²) < 4.78 is 11.0. The second-order valence-electron chi connectivity index (χ2n) is 6.66. The van der Waals surface area contributed by atoms with Crippen molar-refractivity contribution in [3.8, 4) is 11.5 Å². The van der Waals surface area contributed by atoms with Gasteiger partial charge in [-0.1, -0.05) is 48.0 Å². The van der Waals surface area contributed by atoms with Gasteiger partial charge < -0.3 is 9.47 Å². The van der Waals surface area contributed by atoms with Crippen LogP contribution in [-0.2, 0) is 6.61 Å². The van der Waals surface area contributed by atoms with E-state index >= 15 is 0 Å². The Kier molecular flexibility index (Phi) is 6.95. The quantitative estimate of drug-likeness (QED) is 0.334. The molecule has 8 nitrogen and oxygen atoms in total. The van der Waals surface area contributed by atoms with Gasteiger partial charge in [-0.2, -0.15) is 5.10 Å². The maximum absolute atomic E-state index is 12.2. The first-order valence-electron chi connectivity index (χ1n) is 9.41. The van der Waals surface area contributed by atoms with Crippen LogP contribution in [0, 0.1) is 17.0 Å². The molecule has 3 aromatic rings. The molecule has 1 N–H and O–H groups in total. The van der Waals surface area contributed by atoms with Crippen LogP contribution in [0.4, 0.5) is 5.69 Å². The number of nitro groups is 1. The van der Waals surface area contributed by atoms with Gasteiger partial charge in [0.05, 0.1) is 29.9 Å². The van der Waals surface area contributed by atoms with Gasteiger partial charge in [-0.25, -0.2) is 5.43 Å². The first-order valence-corrected chi connectivity index (χ1v) is 9.41. The average Bonchev–Trinajstić information content (AvgIpc) is 2.78. The molecule has 1 amide bonds. The van der Waals surface area contributed by atoms with E-state index in [-0.39, 0.29) is 23.6 Å². The fourth-order valence-corrected chi connectivity index (χ4v) is 2.76. The van der Waals surface area contributed by atoms with Crippen LogP contribution < -0.4 is 14.9 Å². The lowest BCUT2D eigenvalue weighted by Gasteiger charge is -2.12. The van der Waals surface area contributed by atoms with Crippen molar-refractivity contribution in [3.63, 3.8) is 0 Å². The summed E-state index contributed by atoms with van der Waals surface area (Å²) in [5.74, 6) is 0.125. The Labute approximate surface area is 179 Å². The van der Waals surface area contributed by atoms with Gasteiger partial charge in [-0.05, 0) is 30.7 Å². The van der Waals surface area contributed by atoms with Gasteiger partial charge in [0, 0.05) is 5.56 Å². The Balaban J connectivity index is 1.79. The Morgan fingerprint density at radius 3 is 2.45 bits per heavy atom. The molecule has 0 aliphatic heterocycles. The molecule has 0 saturated heterocycles. The molecule has 3 aromatic carbocycles. The lowest BCUT2D eigenvalue weighted by Crippen LogP contribution is -2.17. The molecule has 0 aliphatic carbocycles. The van der Waals surface area contributed by atoms with Crippen molar-refractivity contribution in [1.29, 1.82) is 0 Å². The third kappa shape index (κ3) is 5.66. The van der Waals surface area contributed by atoms with Crippen molar-refractivity contribution in [2.24, 2.45) is 5.10 Å². The van der Waals surface area contributed by atoms with Crippen LogP contribution in [0.3, 0.4) is 0 Å². The van der Waals surface area contributed by atoms with E-state index in [9.17, 15) is 14.9 Å². The number of carbonyl (C=O) groups is 1. The van der Waals surface area contributed by atoms with Crippen LogP contribution in [0.15, 0.2) is 71.8 Å². The van der Waals surface area contributed by atoms with Gasteiger partial charge in [-0.3, -0.25) is 14.9 Å². The van der Waals surface area contributed by atoms with Gasteiger partial charge >= 0.3 is 0 Å². The maximum atomic E-state index is 12.2. The highest BCUT2D eigenvalue weighted by molar-refractivity contribution is 5.95. The SMILES string of the molecule is COc1cc(/C=N\NC(=O)c2ccc(C)cc2)c([N+](=O)[O-])cc1OCc1ccccc1. The molecule has 0 fully saturated rings. The predicted molar refractivity (Wildman–Crippen MR) is 117 cm³/mol.